The third-order valence-corrected chi connectivity index (χ3v) is 5.92. The Morgan fingerprint density at radius 1 is 0.773 bits per heavy atom. The molecule has 3 rings (SSSR count). The van der Waals surface area contributed by atoms with Crippen LogP contribution < -0.4 is 30.6 Å². The molecular weight excluding hydrogens is 572 g/mol. The third-order valence-electron chi connectivity index (χ3n) is 5.92. The monoisotopic (exact) mass is 608 g/mol. The molecule has 0 spiro atoms. The van der Waals surface area contributed by atoms with Crippen molar-refractivity contribution in [3.63, 3.8) is 0 Å². The molecule has 13 nitrogen and oxygen atoms in total. The Hall–Kier alpha value is -5.17. The van der Waals surface area contributed by atoms with E-state index in [1.807, 2.05) is 27.7 Å². The van der Waals surface area contributed by atoms with Gasteiger partial charge in [0.1, 0.15) is 18.1 Å². The van der Waals surface area contributed by atoms with Crippen molar-refractivity contribution in [1.82, 2.24) is 0 Å². The zero-order valence-corrected chi connectivity index (χ0v) is 24.9. The van der Waals surface area contributed by atoms with Crippen LogP contribution in [0.1, 0.15) is 58.8 Å². The molecule has 0 saturated heterocycles. The smallest absolute Gasteiger partial charge is 0.310 e. The van der Waals surface area contributed by atoms with E-state index in [4.69, 9.17) is 25.1 Å². The number of carbonyl (C=O) groups excluding carboxylic acids is 3. The predicted molar refractivity (Wildman–Crippen MR) is 164 cm³/mol. The van der Waals surface area contributed by atoms with Gasteiger partial charge in [-0.2, -0.15) is 0 Å². The Balaban J connectivity index is 1.89. The summed E-state index contributed by atoms with van der Waals surface area (Å²) < 4.78 is 17.0. The Labute approximate surface area is 254 Å². The molecule has 3 aromatic carbocycles. The number of primary amides is 1. The summed E-state index contributed by atoms with van der Waals surface area (Å²) in [5.74, 6) is -1.09. The number of nitrogens with zero attached hydrogens (tertiary/aromatic N) is 1. The number of nitro benzene ring substituents is 1. The fraction of sp³-hybridized carbons (Fsp3) is 0.323. The molecule has 0 radical (unpaired) electrons. The van der Waals surface area contributed by atoms with Crippen LogP contribution in [0.3, 0.4) is 0 Å². The maximum absolute atomic E-state index is 13.3. The summed E-state index contributed by atoms with van der Waals surface area (Å²) in [4.78, 5) is 48.8. The first-order chi connectivity index (χ1) is 20.9. The molecular formula is C31H36N4O9. The zero-order valence-electron chi connectivity index (χ0n) is 24.9. The summed E-state index contributed by atoms with van der Waals surface area (Å²) in [7, 11) is 0. The lowest BCUT2D eigenvalue weighted by Gasteiger charge is -2.17. The number of amides is 3. The van der Waals surface area contributed by atoms with E-state index in [0.717, 1.165) is 6.07 Å². The molecule has 5 N–H and O–H groups in total. The molecule has 0 saturated carbocycles. The van der Waals surface area contributed by atoms with Gasteiger partial charge < -0.3 is 35.7 Å². The second-order valence-corrected chi connectivity index (χ2v) is 10.6. The summed E-state index contributed by atoms with van der Waals surface area (Å²) in [5.41, 5.74) is 6.15. The maximum atomic E-state index is 13.3. The number of nitro groups is 1. The molecule has 0 bridgehead atoms. The van der Waals surface area contributed by atoms with Crippen LogP contribution in [0.15, 0.2) is 54.6 Å². The second kappa shape index (κ2) is 15.3. The van der Waals surface area contributed by atoms with Crippen LogP contribution in [-0.4, -0.2) is 54.2 Å². The first kappa shape index (κ1) is 33.3. The standard InChI is InChI=1S/C31H36N4O9/c1-18(2)16-43-26-13-20(29(32)37)5-8-23(26)33-30(38)21-6-9-24(27(14-21)44-17-19(3)4)34-31(39)22-7-10-25(35(40)41)28(15-22)42-12-11-36/h5-10,13-15,18-19,36H,11-12,16-17H2,1-4H3,(H2,32,37)(H,33,38)(H,34,39). The SMILES string of the molecule is CC(C)COc1cc(C(N)=O)ccc1NC(=O)c1ccc(NC(=O)c2ccc([N+](=O)[O-])c(OCCO)c2)c(OCC(C)C)c1. The van der Waals surface area contributed by atoms with Gasteiger partial charge in [-0.05, 0) is 54.3 Å². The Bertz CT molecular complexity index is 1520. The van der Waals surface area contributed by atoms with Gasteiger partial charge in [-0.1, -0.05) is 27.7 Å². The van der Waals surface area contributed by atoms with Crippen molar-refractivity contribution in [1.29, 1.82) is 0 Å². The van der Waals surface area contributed by atoms with E-state index >= 15 is 0 Å². The summed E-state index contributed by atoms with van der Waals surface area (Å²) >= 11 is 0. The fourth-order valence-electron chi connectivity index (χ4n) is 3.76. The number of ether oxygens (including phenoxy) is 3. The molecule has 13 heteroatoms. The van der Waals surface area contributed by atoms with Crippen LogP contribution in [0, 0.1) is 22.0 Å². The van der Waals surface area contributed by atoms with Gasteiger partial charge in [0, 0.05) is 28.8 Å². The van der Waals surface area contributed by atoms with Gasteiger partial charge in [-0.3, -0.25) is 24.5 Å². The van der Waals surface area contributed by atoms with Gasteiger partial charge in [-0.15, -0.1) is 0 Å². The highest BCUT2D eigenvalue weighted by Gasteiger charge is 2.20. The minimum absolute atomic E-state index is 0.0634. The van der Waals surface area contributed by atoms with E-state index in [-0.39, 0.29) is 77.0 Å². The molecule has 0 aliphatic rings. The van der Waals surface area contributed by atoms with E-state index in [1.165, 1.54) is 48.5 Å². The number of carbonyl (C=O) groups is 3. The maximum Gasteiger partial charge on any atom is 0.310 e. The van der Waals surface area contributed by atoms with E-state index in [9.17, 15) is 24.5 Å². The number of hydrogen-bond donors (Lipinski definition) is 4. The van der Waals surface area contributed by atoms with Gasteiger partial charge in [0.15, 0.2) is 5.75 Å². The Kier molecular flexibility index (Phi) is 11.6. The number of rotatable bonds is 15. The Morgan fingerprint density at radius 2 is 1.23 bits per heavy atom. The summed E-state index contributed by atoms with van der Waals surface area (Å²) in [6.45, 7) is 7.87. The lowest BCUT2D eigenvalue weighted by atomic mass is 10.1. The van der Waals surface area contributed by atoms with Crippen LogP contribution in [0.5, 0.6) is 17.2 Å². The molecule has 44 heavy (non-hydrogen) atoms. The third kappa shape index (κ3) is 9.16. The van der Waals surface area contributed by atoms with Gasteiger partial charge >= 0.3 is 5.69 Å². The van der Waals surface area contributed by atoms with Crippen molar-refractivity contribution < 1.29 is 38.6 Å². The van der Waals surface area contributed by atoms with Gasteiger partial charge in [-0.25, -0.2) is 0 Å². The lowest BCUT2D eigenvalue weighted by Crippen LogP contribution is -2.17. The molecule has 3 aromatic rings. The molecule has 3 amide bonds. The molecule has 0 atom stereocenters. The average molecular weight is 609 g/mol. The Morgan fingerprint density at radius 3 is 1.68 bits per heavy atom. The number of nitrogens with two attached hydrogens (primary N) is 1. The second-order valence-electron chi connectivity index (χ2n) is 10.6. The normalized spacial score (nSPS) is 10.8. The molecule has 0 fully saturated rings. The van der Waals surface area contributed by atoms with Crippen LogP contribution in [0.2, 0.25) is 0 Å². The van der Waals surface area contributed by atoms with Crippen LogP contribution >= 0.6 is 0 Å². The van der Waals surface area contributed by atoms with Crippen molar-refractivity contribution in [3.8, 4) is 17.2 Å². The highest BCUT2D eigenvalue weighted by Crippen LogP contribution is 2.32. The molecule has 0 unspecified atom stereocenters. The molecule has 0 aliphatic carbocycles. The van der Waals surface area contributed by atoms with E-state index in [0.29, 0.717) is 12.3 Å². The van der Waals surface area contributed by atoms with E-state index < -0.39 is 22.6 Å². The zero-order chi connectivity index (χ0) is 32.4. The number of aliphatic hydroxyl groups is 1. The summed E-state index contributed by atoms with van der Waals surface area (Å²) in [6.07, 6.45) is 0. The molecule has 234 valence electrons. The quantitative estimate of drug-likeness (QED) is 0.140. The lowest BCUT2D eigenvalue weighted by molar-refractivity contribution is -0.385. The van der Waals surface area contributed by atoms with Gasteiger partial charge in [0.05, 0.1) is 36.1 Å². The van der Waals surface area contributed by atoms with Crippen LogP contribution in [0.25, 0.3) is 0 Å². The molecule has 0 heterocycles. The predicted octanol–water partition coefficient (Wildman–Crippen LogP) is 4.64. The summed E-state index contributed by atoms with van der Waals surface area (Å²) in [6, 6.07) is 12.6. The van der Waals surface area contributed by atoms with Crippen molar-refractivity contribution >= 4 is 34.8 Å². The topological polar surface area (TPSA) is 192 Å². The largest absolute Gasteiger partial charge is 0.491 e. The van der Waals surface area contributed by atoms with Gasteiger partial charge in [0.2, 0.25) is 5.91 Å². The van der Waals surface area contributed by atoms with Crippen molar-refractivity contribution in [2.75, 3.05) is 37.1 Å². The number of aliphatic hydroxyl groups excluding tert-OH is 1. The number of benzene rings is 3. The molecule has 0 aliphatic heterocycles. The minimum atomic E-state index is -0.651. The first-order valence-corrected chi connectivity index (χ1v) is 13.9. The number of nitrogens with one attached hydrogen (secondary N) is 2. The minimum Gasteiger partial charge on any atom is -0.491 e. The number of hydrogen-bond acceptors (Lipinski definition) is 9. The van der Waals surface area contributed by atoms with Crippen molar-refractivity contribution in [2.45, 2.75) is 27.7 Å². The highest BCUT2D eigenvalue weighted by atomic mass is 16.6. The van der Waals surface area contributed by atoms with Crippen LogP contribution in [-0.2, 0) is 0 Å². The van der Waals surface area contributed by atoms with Crippen molar-refractivity contribution in [2.24, 2.45) is 17.6 Å². The highest BCUT2D eigenvalue weighted by molar-refractivity contribution is 6.08. The first-order valence-electron chi connectivity index (χ1n) is 13.9. The van der Waals surface area contributed by atoms with Crippen LogP contribution in [0.4, 0.5) is 17.1 Å². The molecule has 0 aromatic heterocycles. The fourth-order valence-corrected chi connectivity index (χ4v) is 3.76. The number of anilines is 2. The van der Waals surface area contributed by atoms with Crippen molar-refractivity contribution in [3.05, 3.63) is 81.4 Å². The van der Waals surface area contributed by atoms with E-state index in [1.54, 1.807) is 0 Å². The average Bonchev–Trinajstić information content (AvgIpc) is 2.98. The van der Waals surface area contributed by atoms with Gasteiger partial charge in [0.25, 0.3) is 11.8 Å². The van der Waals surface area contributed by atoms with E-state index in [2.05, 4.69) is 10.6 Å². The summed E-state index contributed by atoms with van der Waals surface area (Å²) in [5, 5.41) is 25.9.